The quantitative estimate of drug-likeness (QED) is 0.409. The van der Waals surface area contributed by atoms with Gasteiger partial charge in [0, 0.05) is 11.9 Å². The number of carbonyl (C=O) groups is 1. The number of nitrogens with two attached hydrogens (primary N) is 1. The van der Waals surface area contributed by atoms with Crippen LogP contribution in [0.25, 0.3) is 22.2 Å². The molecule has 8 nitrogen and oxygen atoms in total. The van der Waals surface area contributed by atoms with E-state index in [0.29, 0.717) is 33.6 Å². The largest absolute Gasteiger partial charge is 0.383 e. The van der Waals surface area contributed by atoms with E-state index in [4.69, 9.17) is 15.7 Å². The molecule has 33 heavy (non-hydrogen) atoms. The number of nitrogens with one attached hydrogen (secondary N) is 1. The van der Waals surface area contributed by atoms with Crippen LogP contribution in [0.2, 0.25) is 0 Å². The fraction of sp³-hybridized carbons (Fsp3) is 0.0800. The SMILES string of the molecule is Cc1ccc(C)c(NC(=O)c2c(N)n(/N=C\c3ccccn3)c3nc4ccccc4nc23)c1. The Kier molecular flexibility index (Phi) is 5.02. The zero-order valence-electron chi connectivity index (χ0n) is 18.1. The van der Waals surface area contributed by atoms with E-state index in [0.717, 1.165) is 11.1 Å². The second kappa shape index (κ2) is 8.16. The van der Waals surface area contributed by atoms with Gasteiger partial charge in [0.2, 0.25) is 0 Å². The molecule has 0 radical (unpaired) electrons. The lowest BCUT2D eigenvalue weighted by atomic mass is 10.1. The van der Waals surface area contributed by atoms with Crippen LogP contribution >= 0.6 is 0 Å². The molecule has 3 heterocycles. The molecule has 0 spiro atoms. The maximum absolute atomic E-state index is 13.4. The minimum absolute atomic E-state index is 0.148. The molecule has 3 aromatic heterocycles. The number of para-hydroxylation sites is 2. The molecule has 0 atom stereocenters. The van der Waals surface area contributed by atoms with Crippen LogP contribution in [-0.2, 0) is 0 Å². The van der Waals surface area contributed by atoms with Crippen LogP contribution in [0.1, 0.15) is 27.2 Å². The highest BCUT2D eigenvalue weighted by Crippen LogP contribution is 2.29. The molecule has 5 rings (SSSR count). The molecule has 162 valence electrons. The Morgan fingerprint density at radius 1 is 1.03 bits per heavy atom. The molecule has 0 unspecified atom stereocenters. The third kappa shape index (κ3) is 3.78. The van der Waals surface area contributed by atoms with Gasteiger partial charge < -0.3 is 11.1 Å². The van der Waals surface area contributed by atoms with E-state index in [1.165, 1.54) is 4.68 Å². The summed E-state index contributed by atoms with van der Waals surface area (Å²) < 4.78 is 1.43. The fourth-order valence-corrected chi connectivity index (χ4v) is 3.61. The Bertz CT molecular complexity index is 1540. The highest BCUT2D eigenvalue weighted by Gasteiger charge is 2.24. The average molecular weight is 435 g/mol. The van der Waals surface area contributed by atoms with Crippen molar-refractivity contribution in [3.05, 3.63) is 89.2 Å². The zero-order valence-corrected chi connectivity index (χ0v) is 18.1. The van der Waals surface area contributed by atoms with E-state index in [-0.39, 0.29) is 17.3 Å². The molecule has 5 aromatic rings. The van der Waals surface area contributed by atoms with Gasteiger partial charge in [-0.1, -0.05) is 30.3 Å². The van der Waals surface area contributed by atoms with Crippen molar-refractivity contribution in [2.75, 3.05) is 11.1 Å². The third-order valence-electron chi connectivity index (χ3n) is 5.34. The molecule has 0 bridgehead atoms. The number of nitrogens with zero attached hydrogens (tertiary/aromatic N) is 5. The van der Waals surface area contributed by atoms with E-state index in [1.54, 1.807) is 12.4 Å². The van der Waals surface area contributed by atoms with Gasteiger partial charge >= 0.3 is 0 Å². The number of aromatic nitrogens is 4. The van der Waals surface area contributed by atoms with E-state index in [1.807, 2.05) is 74.5 Å². The number of hydrogen-bond acceptors (Lipinski definition) is 6. The summed E-state index contributed by atoms with van der Waals surface area (Å²) >= 11 is 0. The lowest BCUT2D eigenvalue weighted by Crippen LogP contribution is -2.15. The Hall–Kier alpha value is -4.59. The van der Waals surface area contributed by atoms with Gasteiger partial charge in [-0.15, -0.1) is 0 Å². The second-order valence-electron chi connectivity index (χ2n) is 7.73. The number of hydrogen-bond donors (Lipinski definition) is 2. The second-order valence-corrected chi connectivity index (χ2v) is 7.73. The summed E-state index contributed by atoms with van der Waals surface area (Å²) in [6.07, 6.45) is 3.24. The van der Waals surface area contributed by atoms with Crippen molar-refractivity contribution in [2.24, 2.45) is 5.10 Å². The number of nitrogen functional groups attached to an aromatic ring is 1. The smallest absolute Gasteiger partial charge is 0.261 e. The van der Waals surface area contributed by atoms with Crippen LogP contribution in [0.15, 0.2) is 72.0 Å². The zero-order chi connectivity index (χ0) is 22.9. The molecule has 0 saturated heterocycles. The summed E-state index contributed by atoms with van der Waals surface area (Å²) in [5, 5.41) is 7.45. The van der Waals surface area contributed by atoms with Crippen LogP contribution in [0, 0.1) is 13.8 Å². The summed E-state index contributed by atoms with van der Waals surface area (Å²) in [7, 11) is 0. The molecule has 0 fully saturated rings. The van der Waals surface area contributed by atoms with Crippen LogP contribution in [0.5, 0.6) is 0 Å². The number of rotatable bonds is 4. The number of pyridine rings is 1. The first-order chi connectivity index (χ1) is 16.0. The van der Waals surface area contributed by atoms with Gasteiger partial charge in [0.15, 0.2) is 5.65 Å². The molecule has 1 amide bonds. The van der Waals surface area contributed by atoms with Gasteiger partial charge in [0.1, 0.15) is 16.9 Å². The summed E-state index contributed by atoms with van der Waals surface area (Å²) in [6.45, 7) is 3.91. The lowest BCUT2D eigenvalue weighted by Gasteiger charge is -2.09. The Balaban J connectivity index is 1.68. The highest BCUT2D eigenvalue weighted by atomic mass is 16.1. The number of aryl methyl sites for hydroxylation is 2. The van der Waals surface area contributed by atoms with Gasteiger partial charge in [-0.05, 0) is 55.3 Å². The summed E-state index contributed by atoms with van der Waals surface area (Å²) in [5.41, 5.74) is 12.1. The molecule has 0 aliphatic heterocycles. The van der Waals surface area contributed by atoms with Gasteiger partial charge in [-0.25, -0.2) is 9.97 Å². The van der Waals surface area contributed by atoms with Crippen molar-refractivity contribution in [3.8, 4) is 0 Å². The van der Waals surface area contributed by atoms with Gasteiger partial charge in [-0.3, -0.25) is 9.78 Å². The Morgan fingerprint density at radius 2 is 1.79 bits per heavy atom. The van der Waals surface area contributed by atoms with Gasteiger partial charge in [0.05, 0.1) is 22.9 Å². The lowest BCUT2D eigenvalue weighted by molar-refractivity contribution is 0.102. The van der Waals surface area contributed by atoms with Crippen molar-refractivity contribution in [1.29, 1.82) is 0 Å². The number of anilines is 2. The third-order valence-corrected chi connectivity index (χ3v) is 5.34. The van der Waals surface area contributed by atoms with Crippen molar-refractivity contribution in [3.63, 3.8) is 0 Å². The maximum Gasteiger partial charge on any atom is 0.261 e. The molecule has 2 aromatic carbocycles. The number of fused-ring (bicyclic) bond motifs is 2. The van der Waals surface area contributed by atoms with Gasteiger partial charge in [-0.2, -0.15) is 9.78 Å². The van der Waals surface area contributed by atoms with Crippen LogP contribution in [0.4, 0.5) is 11.5 Å². The normalized spacial score (nSPS) is 11.5. The standard InChI is InChI=1S/C25H21N7O/c1-15-10-11-16(2)20(13-15)31-25(33)21-22-24(30-19-9-4-3-8-18(19)29-22)32(23(21)26)28-14-17-7-5-6-12-27-17/h3-14H,26H2,1-2H3,(H,31,33)/b28-14-. The minimum Gasteiger partial charge on any atom is -0.383 e. The number of amides is 1. The van der Waals surface area contributed by atoms with Crippen molar-refractivity contribution in [1.82, 2.24) is 19.6 Å². The molecule has 0 aliphatic rings. The highest BCUT2D eigenvalue weighted by molar-refractivity contribution is 6.16. The van der Waals surface area contributed by atoms with E-state index in [9.17, 15) is 4.79 Å². The van der Waals surface area contributed by atoms with Crippen molar-refractivity contribution >= 4 is 45.8 Å². The molecule has 8 heteroatoms. The van der Waals surface area contributed by atoms with Crippen LogP contribution in [0.3, 0.4) is 0 Å². The van der Waals surface area contributed by atoms with Crippen molar-refractivity contribution < 1.29 is 4.79 Å². The van der Waals surface area contributed by atoms with E-state index >= 15 is 0 Å². The first-order valence-electron chi connectivity index (χ1n) is 10.4. The van der Waals surface area contributed by atoms with Crippen molar-refractivity contribution in [2.45, 2.75) is 13.8 Å². The van der Waals surface area contributed by atoms with Crippen LogP contribution < -0.4 is 11.1 Å². The Morgan fingerprint density at radius 3 is 2.55 bits per heavy atom. The molecule has 3 N–H and O–H groups in total. The van der Waals surface area contributed by atoms with E-state index in [2.05, 4.69) is 15.4 Å². The number of benzene rings is 2. The summed E-state index contributed by atoms with van der Waals surface area (Å²) in [6, 6.07) is 18.8. The minimum atomic E-state index is -0.373. The van der Waals surface area contributed by atoms with Gasteiger partial charge in [0.25, 0.3) is 5.91 Å². The topological polar surface area (TPSA) is 111 Å². The Labute approximate surface area is 189 Å². The first-order valence-corrected chi connectivity index (χ1v) is 10.4. The molecule has 0 aliphatic carbocycles. The average Bonchev–Trinajstić information content (AvgIpc) is 3.09. The molecular formula is C25H21N7O. The maximum atomic E-state index is 13.4. The molecule has 0 saturated carbocycles. The predicted molar refractivity (Wildman–Crippen MR) is 131 cm³/mol. The number of carbonyl (C=O) groups excluding carboxylic acids is 1. The van der Waals surface area contributed by atoms with E-state index < -0.39 is 0 Å². The summed E-state index contributed by atoms with van der Waals surface area (Å²) in [4.78, 5) is 27.1. The van der Waals surface area contributed by atoms with Crippen LogP contribution in [-0.4, -0.2) is 31.7 Å². The fourth-order valence-electron chi connectivity index (χ4n) is 3.61. The monoisotopic (exact) mass is 435 g/mol. The molecular weight excluding hydrogens is 414 g/mol. The predicted octanol–water partition coefficient (Wildman–Crippen LogP) is 4.31. The summed E-state index contributed by atoms with van der Waals surface area (Å²) in [5.74, 6) is -0.224. The first kappa shape index (κ1) is 20.3.